The lowest BCUT2D eigenvalue weighted by atomic mass is 10.1. The third-order valence-electron chi connectivity index (χ3n) is 4.32. The molecule has 2 amide bonds. The number of anilines is 2. The van der Waals surface area contributed by atoms with Gasteiger partial charge in [0.15, 0.2) is 0 Å². The molecule has 0 saturated carbocycles. The van der Waals surface area contributed by atoms with Crippen molar-refractivity contribution in [2.75, 3.05) is 37.4 Å². The number of thiazole rings is 1. The number of aromatic nitrogens is 1. The normalized spacial score (nSPS) is 10.5. The lowest BCUT2D eigenvalue weighted by Crippen LogP contribution is -2.27. The highest BCUT2D eigenvalue weighted by atomic mass is 35.5. The van der Waals surface area contributed by atoms with Crippen LogP contribution in [0.15, 0.2) is 47.8 Å². The van der Waals surface area contributed by atoms with Gasteiger partial charge < -0.3 is 20.7 Å². The number of methoxy groups -OCH3 is 1. The van der Waals surface area contributed by atoms with Gasteiger partial charge in [0.1, 0.15) is 0 Å². The zero-order chi connectivity index (χ0) is 22.2. The van der Waals surface area contributed by atoms with Crippen LogP contribution < -0.4 is 16.0 Å². The summed E-state index contributed by atoms with van der Waals surface area (Å²) in [5, 5.41) is 11.9. The van der Waals surface area contributed by atoms with Crippen LogP contribution in [-0.2, 0) is 9.53 Å². The van der Waals surface area contributed by atoms with Crippen LogP contribution >= 0.6 is 22.9 Å². The van der Waals surface area contributed by atoms with Crippen LogP contribution in [0, 0.1) is 6.92 Å². The number of halogens is 1. The van der Waals surface area contributed by atoms with Crippen LogP contribution in [-0.4, -0.2) is 43.6 Å². The molecule has 0 aliphatic heterocycles. The molecule has 1 aromatic heterocycles. The Morgan fingerprint density at radius 1 is 1.16 bits per heavy atom. The van der Waals surface area contributed by atoms with E-state index in [0.717, 1.165) is 16.3 Å². The van der Waals surface area contributed by atoms with Crippen molar-refractivity contribution in [2.45, 2.75) is 6.92 Å². The van der Waals surface area contributed by atoms with Crippen molar-refractivity contribution in [3.63, 3.8) is 0 Å². The molecule has 0 radical (unpaired) electrons. The molecule has 0 aliphatic carbocycles. The monoisotopic (exact) mass is 458 g/mol. The standard InChI is InChI=1S/C22H23ClN4O3S/c1-14-26-20(13-31-14)15-4-3-5-17(10-15)27-21(28)12-25-16-6-7-18(19(23)11-16)22(29)24-8-9-30-2/h3-7,10-11,13,25H,8-9,12H2,1-2H3,(H,24,29)(H,27,28). The fourth-order valence-electron chi connectivity index (χ4n) is 2.81. The van der Waals surface area contributed by atoms with Crippen LogP contribution in [0.4, 0.5) is 11.4 Å². The topological polar surface area (TPSA) is 92.4 Å². The van der Waals surface area contributed by atoms with Crippen molar-refractivity contribution < 1.29 is 14.3 Å². The summed E-state index contributed by atoms with van der Waals surface area (Å²) in [6.07, 6.45) is 0. The Balaban J connectivity index is 1.55. The number of benzene rings is 2. The third kappa shape index (κ3) is 6.52. The Kier molecular flexibility index (Phi) is 8.00. The molecule has 9 heteroatoms. The number of hydrogen-bond donors (Lipinski definition) is 3. The second kappa shape index (κ2) is 10.9. The number of aryl methyl sites for hydroxylation is 1. The van der Waals surface area contributed by atoms with E-state index in [1.807, 2.05) is 36.6 Å². The molecule has 1 heterocycles. The van der Waals surface area contributed by atoms with Crippen LogP contribution in [0.3, 0.4) is 0 Å². The summed E-state index contributed by atoms with van der Waals surface area (Å²) in [5.74, 6) is -0.481. The van der Waals surface area contributed by atoms with Crippen LogP contribution in [0.1, 0.15) is 15.4 Å². The molecule has 0 aliphatic rings. The summed E-state index contributed by atoms with van der Waals surface area (Å²) in [5.41, 5.74) is 3.53. The lowest BCUT2D eigenvalue weighted by molar-refractivity contribution is -0.114. The molecule has 0 atom stereocenters. The molecule has 0 saturated heterocycles. The maximum Gasteiger partial charge on any atom is 0.252 e. The van der Waals surface area contributed by atoms with Crippen molar-refractivity contribution in [1.29, 1.82) is 0 Å². The number of hydrogen-bond acceptors (Lipinski definition) is 6. The van der Waals surface area contributed by atoms with E-state index in [0.29, 0.717) is 35.1 Å². The molecule has 3 aromatic rings. The predicted octanol–water partition coefficient (Wildman–Crippen LogP) is 4.20. The van der Waals surface area contributed by atoms with Gasteiger partial charge in [-0.25, -0.2) is 4.98 Å². The highest BCUT2D eigenvalue weighted by molar-refractivity contribution is 7.09. The van der Waals surface area contributed by atoms with Crippen LogP contribution in [0.25, 0.3) is 11.3 Å². The first-order chi connectivity index (χ1) is 15.0. The van der Waals surface area contributed by atoms with Crippen molar-refractivity contribution in [3.05, 3.63) is 63.4 Å². The molecule has 2 aromatic carbocycles. The van der Waals surface area contributed by atoms with E-state index in [1.54, 1.807) is 36.6 Å². The van der Waals surface area contributed by atoms with Gasteiger partial charge in [-0.3, -0.25) is 9.59 Å². The Hall–Kier alpha value is -2.94. The van der Waals surface area contributed by atoms with Gasteiger partial charge in [-0.1, -0.05) is 23.7 Å². The van der Waals surface area contributed by atoms with Crippen molar-refractivity contribution in [3.8, 4) is 11.3 Å². The van der Waals surface area contributed by atoms with E-state index in [4.69, 9.17) is 16.3 Å². The SMILES string of the molecule is COCCNC(=O)c1ccc(NCC(=O)Nc2cccc(-c3csc(C)n3)c2)cc1Cl. The molecular weight excluding hydrogens is 436 g/mol. The van der Waals surface area contributed by atoms with Gasteiger partial charge in [-0.2, -0.15) is 0 Å². The Labute approximate surface area is 189 Å². The van der Waals surface area contributed by atoms with Gasteiger partial charge >= 0.3 is 0 Å². The van der Waals surface area contributed by atoms with Crippen LogP contribution in [0.5, 0.6) is 0 Å². The molecule has 0 spiro atoms. The van der Waals surface area contributed by atoms with Gasteiger partial charge in [0, 0.05) is 36.0 Å². The van der Waals surface area contributed by atoms with Gasteiger partial charge in [-0.05, 0) is 37.3 Å². The highest BCUT2D eigenvalue weighted by Crippen LogP contribution is 2.24. The van der Waals surface area contributed by atoms with Gasteiger partial charge in [0.25, 0.3) is 5.91 Å². The van der Waals surface area contributed by atoms with E-state index >= 15 is 0 Å². The minimum atomic E-state index is -0.276. The van der Waals surface area contributed by atoms with E-state index < -0.39 is 0 Å². The minimum Gasteiger partial charge on any atom is -0.383 e. The predicted molar refractivity (Wildman–Crippen MR) is 125 cm³/mol. The molecule has 3 rings (SSSR count). The van der Waals surface area contributed by atoms with Crippen LogP contribution in [0.2, 0.25) is 5.02 Å². The zero-order valence-corrected chi connectivity index (χ0v) is 18.8. The minimum absolute atomic E-state index is 0.0513. The van der Waals surface area contributed by atoms with E-state index in [9.17, 15) is 9.59 Å². The second-order valence-electron chi connectivity index (χ2n) is 6.68. The molecule has 0 bridgehead atoms. The van der Waals surface area contributed by atoms with Gasteiger partial charge in [0.05, 0.1) is 34.4 Å². The first-order valence-corrected chi connectivity index (χ1v) is 10.8. The van der Waals surface area contributed by atoms with Gasteiger partial charge in [-0.15, -0.1) is 11.3 Å². The molecule has 7 nitrogen and oxygen atoms in total. The Bertz CT molecular complexity index is 1070. The molecule has 3 N–H and O–H groups in total. The summed E-state index contributed by atoms with van der Waals surface area (Å²) in [6, 6.07) is 12.5. The fourth-order valence-corrected chi connectivity index (χ4v) is 3.70. The van der Waals surface area contributed by atoms with E-state index in [2.05, 4.69) is 20.9 Å². The smallest absolute Gasteiger partial charge is 0.252 e. The number of rotatable bonds is 9. The lowest BCUT2D eigenvalue weighted by Gasteiger charge is -2.11. The molecule has 31 heavy (non-hydrogen) atoms. The summed E-state index contributed by atoms with van der Waals surface area (Å²) in [4.78, 5) is 28.9. The molecule has 162 valence electrons. The number of nitrogens with zero attached hydrogens (tertiary/aromatic N) is 1. The maximum absolute atomic E-state index is 12.3. The molecule has 0 unspecified atom stereocenters. The summed E-state index contributed by atoms with van der Waals surface area (Å²) < 4.78 is 4.91. The highest BCUT2D eigenvalue weighted by Gasteiger charge is 2.11. The van der Waals surface area contributed by atoms with Gasteiger partial charge in [0.2, 0.25) is 5.91 Å². The van der Waals surface area contributed by atoms with E-state index in [-0.39, 0.29) is 18.4 Å². The van der Waals surface area contributed by atoms with Crippen molar-refractivity contribution in [2.24, 2.45) is 0 Å². The number of amides is 2. The summed E-state index contributed by atoms with van der Waals surface area (Å²) >= 11 is 7.81. The fraction of sp³-hybridized carbons (Fsp3) is 0.227. The maximum atomic E-state index is 12.3. The number of ether oxygens (including phenoxy) is 1. The summed E-state index contributed by atoms with van der Waals surface area (Å²) in [6.45, 7) is 2.83. The molecular formula is C22H23ClN4O3S. The van der Waals surface area contributed by atoms with Crippen molar-refractivity contribution >= 4 is 46.1 Å². The largest absolute Gasteiger partial charge is 0.383 e. The number of carbonyl (C=O) groups is 2. The molecule has 0 fully saturated rings. The van der Waals surface area contributed by atoms with Crippen molar-refractivity contribution in [1.82, 2.24) is 10.3 Å². The third-order valence-corrected chi connectivity index (χ3v) is 5.41. The summed E-state index contributed by atoms with van der Waals surface area (Å²) in [7, 11) is 1.56. The average molecular weight is 459 g/mol. The first kappa shape index (κ1) is 22.7. The number of nitrogens with one attached hydrogen (secondary N) is 3. The second-order valence-corrected chi connectivity index (χ2v) is 8.15. The Morgan fingerprint density at radius 3 is 2.71 bits per heavy atom. The average Bonchev–Trinajstić information content (AvgIpc) is 3.19. The quantitative estimate of drug-likeness (QED) is 0.418. The zero-order valence-electron chi connectivity index (χ0n) is 17.2. The van der Waals surface area contributed by atoms with E-state index in [1.165, 1.54) is 0 Å². The Morgan fingerprint density at radius 2 is 2.00 bits per heavy atom. The number of carbonyl (C=O) groups excluding carboxylic acids is 2. The first-order valence-electron chi connectivity index (χ1n) is 9.59.